The second-order valence-electron chi connectivity index (χ2n) is 7.33. The van der Waals surface area contributed by atoms with Crippen LogP contribution in [0.25, 0.3) is 0 Å². The van der Waals surface area contributed by atoms with Gasteiger partial charge in [0, 0.05) is 12.1 Å². The van der Waals surface area contributed by atoms with Crippen LogP contribution in [0.5, 0.6) is 0 Å². The number of fused-ring (bicyclic) bond motifs is 1. The molecule has 4 atom stereocenters. The molecule has 3 heterocycles. The first kappa shape index (κ1) is 26.3. The van der Waals surface area contributed by atoms with Crippen molar-refractivity contribution in [1.29, 1.82) is 5.41 Å². The predicted molar refractivity (Wildman–Crippen MR) is 110 cm³/mol. The summed E-state index contributed by atoms with van der Waals surface area (Å²) >= 11 is 0. The van der Waals surface area contributed by atoms with E-state index in [1.165, 1.54) is 28.1 Å². The van der Waals surface area contributed by atoms with Crippen molar-refractivity contribution in [2.24, 2.45) is 0 Å². The van der Waals surface area contributed by atoms with Crippen molar-refractivity contribution in [1.82, 2.24) is 14.6 Å². The zero-order chi connectivity index (χ0) is 25.9. The average molecular weight is 507 g/mol. The van der Waals surface area contributed by atoms with E-state index in [1.54, 1.807) is 12.1 Å². The van der Waals surface area contributed by atoms with Crippen molar-refractivity contribution >= 4 is 24.6 Å². The molecular formula is C17H20BF4N6O7-. The van der Waals surface area contributed by atoms with Gasteiger partial charge < -0.3 is 42.6 Å². The molecule has 18 heteroatoms. The number of nitrogens with zero attached hydrogens (tertiary/aromatic N) is 4. The summed E-state index contributed by atoms with van der Waals surface area (Å²) in [6.07, 6.45) is -3.05. The Morgan fingerprint density at radius 2 is 1.89 bits per heavy atom. The summed E-state index contributed by atoms with van der Waals surface area (Å²) in [5, 5.41) is 52.8. The molecule has 2 aromatic rings. The molecule has 0 amide bonds. The van der Waals surface area contributed by atoms with Gasteiger partial charge in [-0.1, -0.05) is 0 Å². The molecule has 0 aliphatic carbocycles. The number of halogens is 4. The monoisotopic (exact) mass is 507 g/mol. The maximum absolute atomic E-state index is 10.7. The molecule has 1 aromatic carbocycles. The fourth-order valence-corrected chi connectivity index (χ4v) is 3.33. The van der Waals surface area contributed by atoms with Gasteiger partial charge in [-0.3, -0.25) is 24.9 Å². The first-order valence-corrected chi connectivity index (χ1v) is 9.94. The number of amidine groups is 1. The lowest BCUT2D eigenvalue weighted by atomic mass is 10.1. The lowest BCUT2D eigenvalue weighted by molar-refractivity contribution is -0.384. The zero-order valence-corrected chi connectivity index (χ0v) is 17.7. The van der Waals surface area contributed by atoms with E-state index in [1.807, 2.05) is 0 Å². The standard InChI is InChI=1S/C17H20N6O7.BF4/c18-15-12-16(21(7-19-12)17-14(26)13(25)11(5-24)30-17)20-8-22(15)29-6-9-1-3-10(4-2-9)23(27)28;2-1(3,4)5/h1-4,7,11,13-14,17-18,20,24-26H,5-6,8H2;/q;-1/t11-,13-,14-,17-;/m1./s1. The zero-order valence-electron chi connectivity index (χ0n) is 17.7. The normalized spacial score (nSPS) is 23.9. The number of ether oxygens (including phenoxy) is 1. The third-order valence-corrected chi connectivity index (χ3v) is 4.98. The van der Waals surface area contributed by atoms with Crippen molar-refractivity contribution in [2.75, 3.05) is 18.6 Å². The minimum absolute atomic E-state index is 0.0220. The molecule has 2 aliphatic rings. The number of anilines is 1. The van der Waals surface area contributed by atoms with Crippen molar-refractivity contribution in [2.45, 2.75) is 31.1 Å². The van der Waals surface area contributed by atoms with E-state index in [0.29, 0.717) is 11.4 Å². The van der Waals surface area contributed by atoms with Crippen LogP contribution in [0.1, 0.15) is 17.5 Å². The molecule has 0 saturated carbocycles. The number of hydrogen-bond acceptors (Lipinski definition) is 10. The molecule has 2 aliphatic heterocycles. The second kappa shape index (κ2) is 10.5. The number of rotatable bonds is 6. The molecule has 4 rings (SSSR count). The van der Waals surface area contributed by atoms with Crippen molar-refractivity contribution in [3.63, 3.8) is 0 Å². The fraction of sp³-hybridized carbons (Fsp3) is 0.412. The number of nitrogens with one attached hydrogen (secondary N) is 2. The van der Waals surface area contributed by atoms with Crippen LogP contribution in [0, 0.1) is 15.5 Å². The van der Waals surface area contributed by atoms with Crippen LogP contribution < -0.4 is 5.32 Å². The molecule has 0 bridgehead atoms. The number of aromatic nitrogens is 2. The number of nitro benzene ring substituents is 1. The SMILES string of the molecule is F[B-](F)(F)F.N=C1c2ncn([C@@H]3O[C@H](CO)[C@@H](O)[C@H]3O)c2NCN1OCc1ccc([N+](=O)[O-])cc1. The fourth-order valence-electron chi connectivity index (χ4n) is 3.33. The largest absolute Gasteiger partial charge is 0.673 e. The van der Waals surface area contributed by atoms with Gasteiger partial charge >= 0.3 is 7.25 Å². The third kappa shape index (κ3) is 6.23. The Morgan fingerprint density at radius 1 is 1.26 bits per heavy atom. The van der Waals surface area contributed by atoms with Gasteiger partial charge in [-0.2, -0.15) is 0 Å². The maximum Gasteiger partial charge on any atom is 0.673 e. The highest BCUT2D eigenvalue weighted by molar-refractivity contribution is 6.50. The van der Waals surface area contributed by atoms with Crippen molar-refractivity contribution in [3.05, 3.63) is 52.0 Å². The summed E-state index contributed by atoms with van der Waals surface area (Å²) in [6.45, 7) is -0.259. The van der Waals surface area contributed by atoms with E-state index in [-0.39, 0.29) is 30.5 Å². The van der Waals surface area contributed by atoms with E-state index in [4.69, 9.17) is 15.0 Å². The number of nitro groups is 1. The Kier molecular flexibility index (Phi) is 7.91. The lowest BCUT2D eigenvalue weighted by Crippen LogP contribution is -2.41. The van der Waals surface area contributed by atoms with E-state index >= 15 is 0 Å². The number of imidazole rings is 1. The summed E-state index contributed by atoms with van der Waals surface area (Å²) < 4.78 is 46.0. The van der Waals surface area contributed by atoms with Gasteiger partial charge in [-0.25, -0.2) is 10.0 Å². The van der Waals surface area contributed by atoms with Crippen LogP contribution in [0.3, 0.4) is 0 Å². The molecule has 0 spiro atoms. The molecular weight excluding hydrogens is 487 g/mol. The highest BCUT2D eigenvalue weighted by Crippen LogP contribution is 2.34. The van der Waals surface area contributed by atoms with E-state index < -0.39 is 43.3 Å². The van der Waals surface area contributed by atoms with Gasteiger partial charge in [0.15, 0.2) is 12.1 Å². The number of aliphatic hydroxyl groups is 3. The molecule has 0 radical (unpaired) electrons. The van der Waals surface area contributed by atoms with Gasteiger partial charge in [0.05, 0.1) is 17.9 Å². The second-order valence-corrected chi connectivity index (χ2v) is 7.33. The van der Waals surface area contributed by atoms with Gasteiger partial charge in [0.25, 0.3) is 5.69 Å². The smallest absolute Gasteiger partial charge is 0.418 e. The van der Waals surface area contributed by atoms with Crippen molar-refractivity contribution < 1.29 is 47.1 Å². The Labute approximate surface area is 194 Å². The number of hydroxylamine groups is 2. The van der Waals surface area contributed by atoms with Crippen LogP contribution in [0.15, 0.2) is 30.6 Å². The summed E-state index contributed by atoms with van der Waals surface area (Å²) in [5.41, 5.74) is 0.921. The first-order valence-electron chi connectivity index (χ1n) is 9.94. The first-order chi connectivity index (χ1) is 16.4. The molecule has 35 heavy (non-hydrogen) atoms. The lowest BCUT2D eigenvalue weighted by Gasteiger charge is -2.30. The van der Waals surface area contributed by atoms with Gasteiger partial charge in [-0.05, 0) is 17.7 Å². The van der Waals surface area contributed by atoms with Crippen molar-refractivity contribution in [3.8, 4) is 0 Å². The van der Waals surface area contributed by atoms with Gasteiger partial charge in [-0.15, -0.1) is 0 Å². The molecule has 5 N–H and O–H groups in total. The molecule has 192 valence electrons. The number of non-ortho nitro benzene ring substituents is 1. The highest BCUT2D eigenvalue weighted by atomic mass is 19.5. The molecule has 13 nitrogen and oxygen atoms in total. The van der Waals surface area contributed by atoms with E-state index in [9.17, 15) is 42.7 Å². The molecule has 0 unspecified atom stereocenters. The van der Waals surface area contributed by atoms with Crippen LogP contribution in [-0.4, -0.2) is 79.5 Å². The number of benzene rings is 1. The quantitative estimate of drug-likeness (QED) is 0.163. The van der Waals surface area contributed by atoms with Crippen LogP contribution in [0.4, 0.5) is 28.8 Å². The maximum atomic E-state index is 10.7. The van der Waals surface area contributed by atoms with Crippen LogP contribution >= 0.6 is 0 Å². The molecule has 1 saturated heterocycles. The average Bonchev–Trinajstić information content (AvgIpc) is 3.34. The Balaban J connectivity index is 0.000000623. The van der Waals surface area contributed by atoms with Gasteiger partial charge in [0.2, 0.25) is 0 Å². The topological polar surface area (TPSA) is 179 Å². The Hall–Kier alpha value is -3.32. The van der Waals surface area contributed by atoms with Crippen LogP contribution in [0.2, 0.25) is 0 Å². The summed E-state index contributed by atoms with van der Waals surface area (Å²) in [4.78, 5) is 20.0. The number of hydrogen-bond donors (Lipinski definition) is 5. The van der Waals surface area contributed by atoms with Gasteiger partial charge in [0.1, 0.15) is 43.1 Å². The Bertz CT molecular complexity index is 1050. The number of aliphatic hydroxyl groups excluding tert-OH is 3. The molecule has 1 fully saturated rings. The highest BCUT2D eigenvalue weighted by Gasteiger charge is 2.45. The minimum Gasteiger partial charge on any atom is -0.418 e. The minimum atomic E-state index is -6.00. The van der Waals surface area contributed by atoms with Crippen LogP contribution in [-0.2, 0) is 16.2 Å². The summed E-state index contributed by atoms with van der Waals surface area (Å²) in [7, 11) is -6.00. The third-order valence-electron chi connectivity index (χ3n) is 4.98. The van der Waals surface area contributed by atoms with E-state index in [0.717, 1.165) is 0 Å². The summed E-state index contributed by atoms with van der Waals surface area (Å²) in [6, 6.07) is 5.89. The molecule has 1 aromatic heterocycles. The summed E-state index contributed by atoms with van der Waals surface area (Å²) in [5.74, 6) is 0.376. The predicted octanol–water partition coefficient (Wildman–Crippen LogP) is 0.845. The Morgan fingerprint density at radius 3 is 2.43 bits per heavy atom. The van der Waals surface area contributed by atoms with E-state index in [2.05, 4.69) is 10.3 Å².